The predicted octanol–water partition coefficient (Wildman–Crippen LogP) is 3.47. The third-order valence-electron chi connectivity index (χ3n) is 5.33. The molecule has 4 nitrogen and oxygen atoms in total. The molecule has 1 saturated carbocycles. The Morgan fingerprint density at radius 1 is 0.704 bits per heavy atom. The van der Waals surface area contributed by atoms with Crippen molar-refractivity contribution in [2.45, 2.75) is 38.6 Å². The molecule has 2 N–H and O–H groups in total. The third kappa shape index (κ3) is 5.95. The second kappa shape index (κ2) is 9.91. The quantitative estimate of drug-likeness (QED) is 0.790. The first-order valence-electron chi connectivity index (χ1n) is 9.85. The minimum Gasteiger partial charge on any atom is -0.356 e. The van der Waals surface area contributed by atoms with E-state index < -0.39 is 0 Å². The van der Waals surface area contributed by atoms with Crippen LogP contribution in [0.25, 0.3) is 0 Å². The second-order valence-electron chi connectivity index (χ2n) is 7.28. The lowest BCUT2D eigenvalue weighted by molar-refractivity contribution is -0.130. The molecule has 0 aliphatic heterocycles. The molecule has 0 atom stereocenters. The van der Waals surface area contributed by atoms with Crippen LogP contribution in [0.15, 0.2) is 60.7 Å². The first kappa shape index (κ1) is 19.2. The van der Waals surface area contributed by atoms with Gasteiger partial charge in [-0.2, -0.15) is 0 Å². The van der Waals surface area contributed by atoms with E-state index in [9.17, 15) is 9.59 Å². The summed E-state index contributed by atoms with van der Waals surface area (Å²) in [5, 5.41) is 6.08. The van der Waals surface area contributed by atoms with Gasteiger partial charge in [0.15, 0.2) is 0 Å². The highest BCUT2D eigenvalue weighted by atomic mass is 16.2. The van der Waals surface area contributed by atoms with Gasteiger partial charge in [0.2, 0.25) is 11.8 Å². The summed E-state index contributed by atoms with van der Waals surface area (Å²) in [5.74, 6) is 0.317. The minimum atomic E-state index is 0.0297. The zero-order valence-electron chi connectivity index (χ0n) is 15.7. The van der Waals surface area contributed by atoms with Crippen molar-refractivity contribution in [3.8, 4) is 0 Å². The van der Waals surface area contributed by atoms with Crippen molar-refractivity contribution in [3.05, 3.63) is 71.8 Å². The highest BCUT2D eigenvalue weighted by Crippen LogP contribution is 2.29. The number of amides is 2. The van der Waals surface area contributed by atoms with E-state index in [1.165, 1.54) is 5.56 Å². The van der Waals surface area contributed by atoms with Gasteiger partial charge in [0.05, 0.1) is 0 Å². The van der Waals surface area contributed by atoms with Crippen molar-refractivity contribution in [3.63, 3.8) is 0 Å². The highest BCUT2D eigenvalue weighted by molar-refractivity contribution is 5.81. The Labute approximate surface area is 161 Å². The molecule has 0 aromatic heterocycles. The maximum absolute atomic E-state index is 12.4. The lowest BCUT2D eigenvalue weighted by Gasteiger charge is -2.27. The topological polar surface area (TPSA) is 58.2 Å². The van der Waals surface area contributed by atoms with Crippen molar-refractivity contribution in [2.75, 3.05) is 6.54 Å². The van der Waals surface area contributed by atoms with Crippen LogP contribution in [0.1, 0.15) is 36.8 Å². The molecule has 0 radical (unpaired) electrons. The summed E-state index contributed by atoms with van der Waals surface area (Å²) in [4.78, 5) is 24.7. The SMILES string of the molecule is O=C(NCCc1ccccc1)C1CCC(C(=O)NCc2ccccc2)CC1. The fourth-order valence-corrected chi connectivity index (χ4v) is 3.67. The number of nitrogens with one attached hydrogen (secondary N) is 2. The summed E-state index contributed by atoms with van der Waals surface area (Å²) in [6, 6.07) is 20.1. The van der Waals surface area contributed by atoms with Crippen LogP contribution < -0.4 is 10.6 Å². The Balaban J connectivity index is 1.35. The third-order valence-corrected chi connectivity index (χ3v) is 5.33. The molecule has 4 heteroatoms. The summed E-state index contributed by atoms with van der Waals surface area (Å²) >= 11 is 0. The Morgan fingerprint density at radius 3 is 1.74 bits per heavy atom. The van der Waals surface area contributed by atoms with Crippen LogP contribution >= 0.6 is 0 Å². The van der Waals surface area contributed by atoms with Gasteiger partial charge in [0.1, 0.15) is 0 Å². The number of benzene rings is 2. The molecule has 3 rings (SSSR count). The lowest BCUT2D eigenvalue weighted by atomic mass is 9.81. The fourth-order valence-electron chi connectivity index (χ4n) is 3.67. The van der Waals surface area contributed by atoms with E-state index in [-0.39, 0.29) is 23.7 Å². The van der Waals surface area contributed by atoms with Crippen molar-refractivity contribution >= 4 is 11.8 Å². The second-order valence-corrected chi connectivity index (χ2v) is 7.28. The molecule has 0 saturated heterocycles. The van der Waals surface area contributed by atoms with Gasteiger partial charge in [-0.05, 0) is 43.2 Å². The fraction of sp³-hybridized carbons (Fsp3) is 0.391. The van der Waals surface area contributed by atoms with Crippen LogP contribution in [0.2, 0.25) is 0 Å². The van der Waals surface area contributed by atoms with Crippen LogP contribution in [0.5, 0.6) is 0 Å². The van der Waals surface area contributed by atoms with E-state index >= 15 is 0 Å². The monoisotopic (exact) mass is 364 g/mol. The highest BCUT2D eigenvalue weighted by Gasteiger charge is 2.29. The molecule has 1 fully saturated rings. The number of carbonyl (C=O) groups is 2. The van der Waals surface area contributed by atoms with Gasteiger partial charge in [-0.1, -0.05) is 60.7 Å². The van der Waals surface area contributed by atoms with Gasteiger partial charge in [-0.15, -0.1) is 0 Å². The normalized spacial score (nSPS) is 19.3. The largest absolute Gasteiger partial charge is 0.356 e. The molecule has 2 aromatic rings. The summed E-state index contributed by atoms with van der Waals surface area (Å²) < 4.78 is 0. The molecule has 27 heavy (non-hydrogen) atoms. The molecule has 2 amide bonds. The Morgan fingerprint density at radius 2 is 1.19 bits per heavy atom. The molecule has 0 unspecified atom stereocenters. The smallest absolute Gasteiger partial charge is 0.223 e. The average Bonchev–Trinajstić information content (AvgIpc) is 2.73. The molecule has 1 aliphatic rings. The van der Waals surface area contributed by atoms with E-state index in [4.69, 9.17) is 0 Å². The van der Waals surface area contributed by atoms with Gasteiger partial charge in [0, 0.05) is 24.9 Å². The van der Waals surface area contributed by atoms with E-state index in [2.05, 4.69) is 22.8 Å². The van der Waals surface area contributed by atoms with Crippen LogP contribution in [0.4, 0.5) is 0 Å². The molecule has 0 spiro atoms. The summed E-state index contributed by atoms with van der Waals surface area (Å²) in [6.45, 7) is 1.24. The first-order chi connectivity index (χ1) is 13.2. The number of rotatable bonds is 7. The molecular formula is C23H28N2O2. The van der Waals surface area contributed by atoms with E-state index in [1.54, 1.807) is 0 Å². The predicted molar refractivity (Wildman–Crippen MR) is 107 cm³/mol. The molecular weight excluding hydrogens is 336 g/mol. The molecule has 0 heterocycles. The van der Waals surface area contributed by atoms with Gasteiger partial charge in [0.25, 0.3) is 0 Å². The van der Waals surface area contributed by atoms with Gasteiger partial charge >= 0.3 is 0 Å². The summed E-state index contributed by atoms with van der Waals surface area (Å²) in [7, 11) is 0. The summed E-state index contributed by atoms with van der Waals surface area (Å²) in [5.41, 5.74) is 2.34. The Bertz CT molecular complexity index is 723. The van der Waals surface area contributed by atoms with E-state index in [1.807, 2.05) is 48.5 Å². The molecule has 0 bridgehead atoms. The molecule has 2 aromatic carbocycles. The zero-order chi connectivity index (χ0) is 18.9. The van der Waals surface area contributed by atoms with E-state index in [0.717, 1.165) is 37.7 Å². The zero-order valence-corrected chi connectivity index (χ0v) is 15.7. The lowest BCUT2D eigenvalue weighted by Crippen LogP contribution is -2.37. The van der Waals surface area contributed by atoms with Crippen LogP contribution in [0, 0.1) is 11.8 Å². The van der Waals surface area contributed by atoms with Crippen LogP contribution in [-0.4, -0.2) is 18.4 Å². The average molecular weight is 364 g/mol. The van der Waals surface area contributed by atoms with Crippen LogP contribution in [0.3, 0.4) is 0 Å². The van der Waals surface area contributed by atoms with Gasteiger partial charge in [-0.3, -0.25) is 9.59 Å². The number of hydrogen-bond donors (Lipinski definition) is 2. The Hall–Kier alpha value is -2.62. The molecule has 142 valence electrons. The maximum Gasteiger partial charge on any atom is 0.223 e. The first-order valence-corrected chi connectivity index (χ1v) is 9.85. The number of hydrogen-bond acceptors (Lipinski definition) is 2. The van der Waals surface area contributed by atoms with Crippen molar-refractivity contribution in [1.29, 1.82) is 0 Å². The van der Waals surface area contributed by atoms with Crippen LogP contribution in [-0.2, 0) is 22.6 Å². The van der Waals surface area contributed by atoms with E-state index in [0.29, 0.717) is 13.1 Å². The molecule has 1 aliphatic carbocycles. The van der Waals surface area contributed by atoms with Crippen molar-refractivity contribution < 1.29 is 9.59 Å². The Kier molecular flexibility index (Phi) is 7.03. The summed E-state index contributed by atoms with van der Waals surface area (Å²) in [6.07, 6.45) is 4.01. The number of carbonyl (C=O) groups excluding carboxylic acids is 2. The maximum atomic E-state index is 12.4. The minimum absolute atomic E-state index is 0.0297. The van der Waals surface area contributed by atoms with Crippen molar-refractivity contribution in [1.82, 2.24) is 10.6 Å². The standard InChI is InChI=1S/C23H28N2O2/c26-22(24-16-15-18-7-3-1-4-8-18)20-11-13-21(14-12-20)23(27)25-17-19-9-5-2-6-10-19/h1-10,20-21H,11-17H2,(H,24,26)(H,25,27). The van der Waals surface area contributed by atoms with Gasteiger partial charge < -0.3 is 10.6 Å². The van der Waals surface area contributed by atoms with Gasteiger partial charge in [-0.25, -0.2) is 0 Å². The van der Waals surface area contributed by atoms with Crippen molar-refractivity contribution in [2.24, 2.45) is 11.8 Å².